The number of aliphatic hydroxyl groups is 1. The van der Waals surface area contributed by atoms with Gasteiger partial charge in [0.2, 0.25) is 0 Å². The number of nitriles is 1. The number of nitrogens with one attached hydrogen (secondary N) is 1. The molecule has 1 aromatic carbocycles. The number of benzene rings is 1. The zero-order valence-corrected chi connectivity index (χ0v) is 17.5. The van der Waals surface area contributed by atoms with Crippen LogP contribution in [-0.4, -0.2) is 33.2 Å². The molecule has 2 aromatic heterocycles. The average Bonchev–Trinajstić information content (AvgIpc) is 2.82. The fraction of sp³-hybridized carbons (Fsp3) is 0.333. The molecule has 0 fully saturated rings. The molecule has 0 radical (unpaired) electrons. The maximum absolute atomic E-state index is 12.8. The van der Waals surface area contributed by atoms with Crippen LogP contribution < -0.4 is 10.2 Å². The molecule has 9 heteroatoms. The number of aliphatic hydroxyl groups excluding tert-OH is 1. The van der Waals surface area contributed by atoms with Crippen molar-refractivity contribution in [2.45, 2.75) is 39.8 Å². The number of anilines is 2. The molecule has 3 aromatic rings. The lowest BCUT2D eigenvalue weighted by atomic mass is 10.0. The van der Waals surface area contributed by atoms with Gasteiger partial charge in [-0.1, -0.05) is 19.6 Å². The molecule has 0 unspecified atom stereocenters. The minimum atomic E-state index is -2.65. The standard InChI is InChI=1S/C23H22F2N6O.CH4/c1-14-2-5-21(16(8-14)9-26)31-7-6-18-17(11-31)23(29-13-28-18)30-20(12-32)15-3-4-19(22(24)25)27-10-15;/h2-5,8,10,13,20,22,32H,6-7,11-12H2,1H3,(H,28,29,30);1H4/t20-;/m1./s1. The maximum Gasteiger partial charge on any atom is 0.280 e. The molecule has 0 aliphatic carbocycles. The summed E-state index contributed by atoms with van der Waals surface area (Å²) in [6.07, 6.45) is 0.834. The fourth-order valence-corrected chi connectivity index (χ4v) is 3.84. The van der Waals surface area contributed by atoms with Crippen molar-refractivity contribution >= 4 is 11.5 Å². The van der Waals surface area contributed by atoms with Crippen LogP contribution in [0.15, 0.2) is 42.9 Å². The van der Waals surface area contributed by atoms with E-state index in [1.807, 2.05) is 25.1 Å². The number of hydrogen-bond donors (Lipinski definition) is 2. The first-order valence-corrected chi connectivity index (χ1v) is 10.2. The van der Waals surface area contributed by atoms with Crippen molar-refractivity contribution in [2.75, 3.05) is 23.4 Å². The van der Waals surface area contributed by atoms with Gasteiger partial charge in [-0.2, -0.15) is 5.26 Å². The van der Waals surface area contributed by atoms with Gasteiger partial charge in [-0.15, -0.1) is 0 Å². The Balaban J connectivity index is 0.00000306. The van der Waals surface area contributed by atoms with Crippen LogP contribution >= 0.6 is 0 Å². The largest absolute Gasteiger partial charge is 0.394 e. The smallest absolute Gasteiger partial charge is 0.280 e. The predicted molar refractivity (Wildman–Crippen MR) is 122 cm³/mol. The first-order valence-electron chi connectivity index (χ1n) is 10.2. The molecule has 0 bridgehead atoms. The second-order valence-corrected chi connectivity index (χ2v) is 7.65. The molecule has 0 saturated heterocycles. The van der Waals surface area contributed by atoms with Crippen LogP contribution in [0, 0.1) is 18.3 Å². The van der Waals surface area contributed by atoms with E-state index in [1.165, 1.54) is 24.7 Å². The van der Waals surface area contributed by atoms with Gasteiger partial charge in [0.15, 0.2) is 0 Å². The van der Waals surface area contributed by atoms with E-state index in [-0.39, 0.29) is 19.7 Å². The number of nitrogens with zero attached hydrogens (tertiary/aromatic N) is 5. The van der Waals surface area contributed by atoms with E-state index < -0.39 is 12.5 Å². The molecule has 7 nitrogen and oxygen atoms in total. The number of pyridine rings is 1. The van der Waals surface area contributed by atoms with Crippen LogP contribution in [-0.2, 0) is 13.0 Å². The lowest BCUT2D eigenvalue weighted by molar-refractivity contribution is 0.146. The number of rotatable bonds is 6. The molecule has 0 amide bonds. The summed E-state index contributed by atoms with van der Waals surface area (Å²) in [7, 11) is 0. The van der Waals surface area contributed by atoms with Crippen molar-refractivity contribution in [3.8, 4) is 6.07 Å². The number of hydrogen-bond acceptors (Lipinski definition) is 7. The highest BCUT2D eigenvalue weighted by Crippen LogP contribution is 2.31. The Hall–Kier alpha value is -3.64. The summed E-state index contributed by atoms with van der Waals surface area (Å²) in [6, 6.07) is 10.3. The molecule has 0 spiro atoms. The van der Waals surface area contributed by atoms with Crippen LogP contribution in [0.3, 0.4) is 0 Å². The lowest BCUT2D eigenvalue weighted by Gasteiger charge is -2.32. The minimum Gasteiger partial charge on any atom is -0.394 e. The van der Waals surface area contributed by atoms with Gasteiger partial charge in [0.25, 0.3) is 6.43 Å². The van der Waals surface area contributed by atoms with Crippen molar-refractivity contribution in [2.24, 2.45) is 0 Å². The summed E-state index contributed by atoms with van der Waals surface area (Å²) in [4.78, 5) is 14.7. The van der Waals surface area contributed by atoms with E-state index in [0.29, 0.717) is 36.5 Å². The van der Waals surface area contributed by atoms with Gasteiger partial charge in [0.05, 0.1) is 29.6 Å². The molecule has 1 aliphatic heterocycles. The Bertz CT molecular complexity index is 1150. The zero-order chi connectivity index (χ0) is 22.7. The molecular weight excluding hydrogens is 426 g/mol. The average molecular weight is 453 g/mol. The Labute approximate surface area is 191 Å². The van der Waals surface area contributed by atoms with Gasteiger partial charge >= 0.3 is 0 Å². The molecule has 3 heterocycles. The summed E-state index contributed by atoms with van der Waals surface area (Å²) >= 11 is 0. The number of halogens is 2. The third-order valence-electron chi connectivity index (χ3n) is 5.54. The van der Waals surface area contributed by atoms with Crippen molar-refractivity contribution < 1.29 is 13.9 Å². The quantitative estimate of drug-likeness (QED) is 0.574. The Morgan fingerprint density at radius 2 is 2.03 bits per heavy atom. The van der Waals surface area contributed by atoms with E-state index in [4.69, 9.17) is 0 Å². The highest BCUT2D eigenvalue weighted by molar-refractivity contribution is 5.63. The second kappa shape index (κ2) is 10.3. The van der Waals surface area contributed by atoms with Crippen molar-refractivity contribution in [3.63, 3.8) is 0 Å². The van der Waals surface area contributed by atoms with Crippen LogP contribution in [0.1, 0.15) is 53.5 Å². The monoisotopic (exact) mass is 452 g/mol. The number of aryl methyl sites for hydroxylation is 1. The van der Waals surface area contributed by atoms with Gasteiger partial charge < -0.3 is 15.3 Å². The van der Waals surface area contributed by atoms with E-state index in [9.17, 15) is 19.1 Å². The Morgan fingerprint density at radius 1 is 1.21 bits per heavy atom. The van der Waals surface area contributed by atoms with E-state index in [0.717, 1.165) is 22.5 Å². The molecule has 4 rings (SSSR count). The van der Waals surface area contributed by atoms with Crippen LogP contribution in [0.25, 0.3) is 0 Å². The van der Waals surface area contributed by atoms with Crippen LogP contribution in [0.4, 0.5) is 20.3 Å². The van der Waals surface area contributed by atoms with Crippen LogP contribution in [0.5, 0.6) is 0 Å². The van der Waals surface area contributed by atoms with Gasteiger partial charge in [-0.05, 0) is 36.2 Å². The summed E-state index contributed by atoms with van der Waals surface area (Å²) in [5.41, 5.74) is 4.51. The number of alkyl halides is 2. The molecule has 33 heavy (non-hydrogen) atoms. The number of aromatic nitrogens is 3. The van der Waals surface area contributed by atoms with Crippen molar-refractivity contribution in [3.05, 3.63) is 76.5 Å². The highest BCUT2D eigenvalue weighted by atomic mass is 19.3. The number of fused-ring (bicyclic) bond motifs is 1. The molecule has 172 valence electrons. The predicted octanol–water partition coefficient (Wildman–Crippen LogP) is 4.33. The third kappa shape index (κ3) is 5.07. The van der Waals surface area contributed by atoms with Gasteiger partial charge in [0, 0.05) is 31.3 Å². The summed E-state index contributed by atoms with van der Waals surface area (Å²) < 4.78 is 25.6. The zero-order valence-electron chi connectivity index (χ0n) is 17.5. The Kier molecular flexibility index (Phi) is 7.51. The van der Waals surface area contributed by atoms with E-state index in [2.05, 4.69) is 31.2 Å². The third-order valence-corrected chi connectivity index (χ3v) is 5.54. The second-order valence-electron chi connectivity index (χ2n) is 7.65. The molecule has 1 aliphatic rings. The SMILES string of the molecule is C.Cc1ccc(N2CCc3ncnc(N[C@H](CO)c4ccc(C(F)F)nc4)c3C2)c(C#N)c1. The molecular formula is C24H26F2N6O. The summed E-state index contributed by atoms with van der Waals surface area (Å²) in [5.74, 6) is 0.558. The molecule has 2 N–H and O–H groups in total. The van der Waals surface area contributed by atoms with Crippen molar-refractivity contribution in [1.29, 1.82) is 5.26 Å². The molecule has 0 saturated carbocycles. The van der Waals surface area contributed by atoms with E-state index in [1.54, 1.807) is 0 Å². The minimum absolute atomic E-state index is 0. The summed E-state index contributed by atoms with van der Waals surface area (Å²) in [6.45, 7) is 2.89. The fourth-order valence-electron chi connectivity index (χ4n) is 3.84. The Morgan fingerprint density at radius 3 is 2.70 bits per heavy atom. The first kappa shape index (κ1) is 24.0. The van der Waals surface area contributed by atoms with Gasteiger partial charge in [0.1, 0.15) is 23.9 Å². The normalized spacial score (nSPS) is 13.6. The topological polar surface area (TPSA) is 98.0 Å². The lowest BCUT2D eigenvalue weighted by Crippen LogP contribution is -2.33. The first-order chi connectivity index (χ1) is 15.5. The van der Waals surface area contributed by atoms with Crippen LogP contribution in [0.2, 0.25) is 0 Å². The van der Waals surface area contributed by atoms with Crippen molar-refractivity contribution in [1.82, 2.24) is 15.0 Å². The molecule has 1 atom stereocenters. The maximum atomic E-state index is 12.8. The summed E-state index contributed by atoms with van der Waals surface area (Å²) in [5, 5.41) is 22.7. The highest BCUT2D eigenvalue weighted by Gasteiger charge is 2.24. The van der Waals surface area contributed by atoms with E-state index >= 15 is 0 Å². The van der Waals surface area contributed by atoms with Gasteiger partial charge in [-0.3, -0.25) is 4.98 Å². The van der Waals surface area contributed by atoms with Gasteiger partial charge in [-0.25, -0.2) is 18.7 Å².